The maximum atomic E-state index is 4.70. The van der Waals surface area contributed by atoms with E-state index in [1.807, 2.05) is 0 Å². The standard InChI is InChI=1S/C16H30BrN3/c1-6-12(5)10-13(18-8-3)11-15-16(17)14(7-2)19-20(15)9-4/h12-13,18H,6-11H2,1-5H3. The SMILES string of the molecule is CCNC(Cc1c(Br)c(CC)nn1CC)CC(C)CC. The Hall–Kier alpha value is -0.350. The van der Waals surface area contributed by atoms with Crippen molar-refractivity contribution in [3.63, 3.8) is 0 Å². The van der Waals surface area contributed by atoms with Crippen LogP contribution in [0.4, 0.5) is 0 Å². The Morgan fingerprint density at radius 1 is 1.25 bits per heavy atom. The summed E-state index contributed by atoms with van der Waals surface area (Å²) < 4.78 is 3.37. The second-order valence-electron chi connectivity index (χ2n) is 5.58. The normalized spacial score (nSPS) is 14.5. The zero-order valence-corrected chi connectivity index (χ0v) is 15.3. The number of nitrogens with zero attached hydrogens (tertiary/aromatic N) is 2. The number of nitrogens with one attached hydrogen (secondary N) is 1. The first-order valence-corrected chi connectivity index (χ1v) is 8.83. The minimum Gasteiger partial charge on any atom is -0.314 e. The molecule has 116 valence electrons. The molecule has 0 bridgehead atoms. The summed E-state index contributed by atoms with van der Waals surface area (Å²) in [6.45, 7) is 13.1. The summed E-state index contributed by atoms with van der Waals surface area (Å²) in [4.78, 5) is 0. The van der Waals surface area contributed by atoms with E-state index in [0.717, 1.165) is 31.8 Å². The van der Waals surface area contributed by atoms with E-state index in [4.69, 9.17) is 5.10 Å². The van der Waals surface area contributed by atoms with Crippen LogP contribution in [0.25, 0.3) is 0 Å². The average molecular weight is 344 g/mol. The van der Waals surface area contributed by atoms with Gasteiger partial charge in [0.1, 0.15) is 0 Å². The lowest BCUT2D eigenvalue weighted by atomic mass is 9.96. The molecule has 0 aromatic carbocycles. The number of hydrogen-bond donors (Lipinski definition) is 1. The van der Waals surface area contributed by atoms with Gasteiger partial charge in [0.2, 0.25) is 0 Å². The van der Waals surface area contributed by atoms with Gasteiger partial charge in [0.15, 0.2) is 0 Å². The van der Waals surface area contributed by atoms with Crippen LogP contribution in [0.1, 0.15) is 58.8 Å². The molecule has 1 aromatic rings. The molecule has 20 heavy (non-hydrogen) atoms. The largest absolute Gasteiger partial charge is 0.314 e. The highest BCUT2D eigenvalue weighted by molar-refractivity contribution is 9.10. The van der Waals surface area contributed by atoms with Crippen LogP contribution in [-0.2, 0) is 19.4 Å². The second-order valence-corrected chi connectivity index (χ2v) is 6.38. The third-order valence-electron chi connectivity index (χ3n) is 4.01. The van der Waals surface area contributed by atoms with Crippen LogP contribution in [0, 0.1) is 5.92 Å². The Morgan fingerprint density at radius 2 is 1.95 bits per heavy atom. The van der Waals surface area contributed by atoms with E-state index in [0.29, 0.717) is 6.04 Å². The number of rotatable bonds is 9. The highest BCUT2D eigenvalue weighted by Crippen LogP contribution is 2.25. The molecule has 0 saturated heterocycles. The van der Waals surface area contributed by atoms with E-state index in [2.05, 4.69) is 60.5 Å². The fourth-order valence-electron chi connectivity index (χ4n) is 2.63. The van der Waals surface area contributed by atoms with Crippen molar-refractivity contribution >= 4 is 15.9 Å². The maximum Gasteiger partial charge on any atom is 0.0766 e. The lowest BCUT2D eigenvalue weighted by molar-refractivity contribution is 0.389. The summed E-state index contributed by atoms with van der Waals surface area (Å²) in [7, 11) is 0. The zero-order chi connectivity index (χ0) is 15.1. The van der Waals surface area contributed by atoms with Crippen LogP contribution < -0.4 is 5.32 Å². The molecule has 0 aliphatic heterocycles. The van der Waals surface area contributed by atoms with Gasteiger partial charge in [-0.25, -0.2) is 0 Å². The van der Waals surface area contributed by atoms with Crippen LogP contribution in [0.3, 0.4) is 0 Å². The van der Waals surface area contributed by atoms with Crippen molar-refractivity contribution in [1.29, 1.82) is 0 Å². The lowest BCUT2D eigenvalue weighted by Crippen LogP contribution is -2.33. The first-order valence-electron chi connectivity index (χ1n) is 8.04. The van der Waals surface area contributed by atoms with Crippen LogP contribution in [0.2, 0.25) is 0 Å². The fourth-order valence-corrected chi connectivity index (χ4v) is 3.35. The van der Waals surface area contributed by atoms with Gasteiger partial charge >= 0.3 is 0 Å². The summed E-state index contributed by atoms with van der Waals surface area (Å²) in [5.74, 6) is 0.765. The maximum absolute atomic E-state index is 4.70. The molecular formula is C16H30BrN3. The van der Waals surface area contributed by atoms with Gasteiger partial charge in [-0.3, -0.25) is 4.68 Å². The molecule has 1 aromatic heterocycles. The molecule has 1 heterocycles. The van der Waals surface area contributed by atoms with E-state index < -0.39 is 0 Å². The molecule has 4 heteroatoms. The molecule has 0 spiro atoms. The lowest BCUT2D eigenvalue weighted by Gasteiger charge is -2.21. The van der Waals surface area contributed by atoms with Gasteiger partial charge in [0.05, 0.1) is 15.9 Å². The van der Waals surface area contributed by atoms with Crippen molar-refractivity contribution in [1.82, 2.24) is 15.1 Å². The molecule has 0 saturated carbocycles. The van der Waals surface area contributed by atoms with Crippen LogP contribution >= 0.6 is 15.9 Å². The first kappa shape index (κ1) is 17.7. The van der Waals surface area contributed by atoms with Gasteiger partial charge in [0.25, 0.3) is 0 Å². The van der Waals surface area contributed by atoms with Gasteiger partial charge in [-0.15, -0.1) is 0 Å². The molecule has 1 N–H and O–H groups in total. The molecule has 2 unspecified atom stereocenters. The Morgan fingerprint density at radius 3 is 2.45 bits per heavy atom. The molecule has 1 rings (SSSR count). The molecule has 0 fully saturated rings. The number of halogens is 1. The van der Waals surface area contributed by atoms with Gasteiger partial charge in [0, 0.05) is 19.0 Å². The van der Waals surface area contributed by atoms with Crippen molar-refractivity contribution in [3.8, 4) is 0 Å². The van der Waals surface area contributed by atoms with Gasteiger partial charge in [-0.05, 0) is 48.2 Å². The predicted octanol–water partition coefficient (Wildman–Crippen LogP) is 4.18. The molecule has 0 radical (unpaired) electrons. The average Bonchev–Trinajstić information content (AvgIpc) is 2.75. The Kier molecular flexibility index (Phi) is 7.82. The quantitative estimate of drug-likeness (QED) is 0.728. The molecular weight excluding hydrogens is 314 g/mol. The Balaban J connectivity index is 2.89. The zero-order valence-electron chi connectivity index (χ0n) is 13.7. The molecule has 2 atom stereocenters. The van der Waals surface area contributed by atoms with Crippen molar-refractivity contribution in [2.45, 2.75) is 72.9 Å². The smallest absolute Gasteiger partial charge is 0.0766 e. The summed E-state index contributed by atoms with van der Waals surface area (Å²) in [5.41, 5.74) is 2.53. The van der Waals surface area contributed by atoms with Gasteiger partial charge in [-0.1, -0.05) is 34.1 Å². The van der Waals surface area contributed by atoms with Crippen molar-refractivity contribution < 1.29 is 0 Å². The highest BCUT2D eigenvalue weighted by atomic mass is 79.9. The summed E-state index contributed by atoms with van der Waals surface area (Å²) in [6.07, 6.45) is 4.51. The van der Waals surface area contributed by atoms with Crippen molar-refractivity contribution in [3.05, 3.63) is 15.9 Å². The second kappa shape index (κ2) is 8.83. The summed E-state index contributed by atoms with van der Waals surface area (Å²) in [5, 5.41) is 8.34. The van der Waals surface area contributed by atoms with E-state index in [1.165, 1.54) is 28.7 Å². The molecule has 0 aliphatic carbocycles. The van der Waals surface area contributed by atoms with E-state index in [-0.39, 0.29) is 0 Å². The molecule has 0 aliphatic rings. The van der Waals surface area contributed by atoms with Crippen molar-refractivity contribution in [2.24, 2.45) is 5.92 Å². The first-order chi connectivity index (χ1) is 9.57. The summed E-state index contributed by atoms with van der Waals surface area (Å²) >= 11 is 3.75. The number of hydrogen-bond acceptors (Lipinski definition) is 2. The van der Waals surface area contributed by atoms with E-state index in [9.17, 15) is 0 Å². The molecule has 0 amide bonds. The van der Waals surface area contributed by atoms with Gasteiger partial charge < -0.3 is 5.32 Å². The minimum atomic E-state index is 0.540. The number of aryl methyl sites for hydroxylation is 2. The fraction of sp³-hybridized carbons (Fsp3) is 0.812. The van der Waals surface area contributed by atoms with E-state index in [1.54, 1.807) is 0 Å². The number of likely N-dealkylation sites (N-methyl/N-ethyl adjacent to an activating group) is 1. The Bertz CT molecular complexity index is 401. The van der Waals surface area contributed by atoms with Crippen LogP contribution in [-0.4, -0.2) is 22.4 Å². The highest BCUT2D eigenvalue weighted by Gasteiger charge is 2.19. The van der Waals surface area contributed by atoms with E-state index >= 15 is 0 Å². The topological polar surface area (TPSA) is 29.9 Å². The van der Waals surface area contributed by atoms with Crippen molar-refractivity contribution in [2.75, 3.05) is 6.54 Å². The Labute approximate surface area is 132 Å². The third kappa shape index (κ3) is 4.59. The molecule has 3 nitrogen and oxygen atoms in total. The van der Waals surface area contributed by atoms with Crippen LogP contribution in [0.15, 0.2) is 4.47 Å². The monoisotopic (exact) mass is 343 g/mol. The predicted molar refractivity (Wildman–Crippen MR) is 90.2 cm³/mol. The summed E-state index contributed by atoms with van der Waals surface area (Å²) in [6, 6.07) is 0.540. The van der Waals surface area contributed by atoms with Gasteiger partial charge in [-0.2, -0.15) is 5.10 Å². The third-order valence-corrected chi connectivity index (χ3v) is 4.93. The van der Waals surface area contributed by atoms with Crippen LogP contribution in [0.5, 0.6) is 0 Å². The minimum absolute atomic E-state index is 0.540. The number of aromatic nitrogens is 2.